The van der Waals surface area contributed by atoms with Gasteiger partial charge in [-0.15, -0.1) is 0 Å². The summed E-state index contributed by atoms with van der Waals surface area (Å²) in [6.45, 7) is 9.68. The Kier molecular flexibility index (Phi) is 5.58. The molecule has 0 aromatic heterocycles. The highest BCUT2D eigenvalue weighted by atomic mass is 32.2. The van der Waals surface area contributed by atoms with Gasteiger partial charge in [-0.3, -0.25) is 4.90 Å². The zero-order valence-corrected chi connectivity index (χ0v) is 15.4. The van der Waals surface area contributed by atoms with Gasteiger partial charge in [0.2, 0.25) is 10.0 Å². The molecule has 8 heteroatoms. The van der Waals surface area contributed by atoms with Gasteiger partial charge in [-0.25, -0.2) is 13.2 Å². The molecule has 2 aliphatic rings. The topological polar surface area (TPSA) is 70.2 Å². The Bertz CT molecular complexity index is 513. The summed E-state index contributed by atoms with van der Waals surface area (Å²) >= 11 is 0. The number of nitrogens with zero attached hydrogens (tertiary/aromatic N) is 3. The molecule has 2 rings (SSSR count). The molecule has 0 aromatic carbocycles. The first-order valence-electron chi connectivity index (χ1n) is 8.23. The molecule has 7 nitrogen and oxygen atoms in total. The largest absolute Gasteiger partial charge is 0.444 e. The van der Waals surface area contributed by atoms with E-state index in [1.807, 2.05) is 20.8 Å². The molecule has 0 unspecified atom stereocenters. The Morgan fingerprint density at radius 1 is 1.00 bits per heavy atom. The summed E-state index contributed by atoms with van der Waals surface area (Å²) in [5.41, 5.74) is -0.462. The van der Waals surface area contributed by atoms with E-state index < -0.39 is 15.6 Å². The van der Waals surface area contributed by atoms with Crippen molar-refractivity contribution in [3.05, 3.63) is 0 Å². The predicted molar refractivity (Wildman–Crippen MR) is 88.8 cm³/mol. The fourth-order valence-electron chi connectivity index (χ4n) is 3.14. The molecule has 0 saturated carbocycles. The molecule has 0 aliphatic carbocycles. The molecule has 0 spiro atoms. The average molecular weight is 347 g/mol. The van der Waals surface area contributed by atoms with Crippen LogP contribution >= 0.6 is 0 Å². The second-order valence-electron chi connectivity index (χ2n) is 7.40. The van der Waals surface area contributed by atoms with E-state index in [0.29, 0.717) is 32.2 Å². The average Bonchev–Trinajstić information content (AvgIpc) is 2.45. The molecule has 2 saturated heterocycles. The van der Waals surface area contributed by atoms with E-state index in [4.69, 9.17) is 4.74 Å². The van der Waals surface area contributed by atoms with Crippen LogP contribution in [0, 0.1) is 0 Å². The fourth-order valence-corrected chi connectivity index (χ4v) is 3.97. The summed E-state index contributed by atoms with van der Waals surface area (Å²) in [5, 5.41) is 0. The third-order valence-electron chi connectivity index (χ3n) is 4.37. The number of sulfonamides is 1. The lowest BCUT2D eigenvalue weighted by molar-refractivity contribution is 0.0122. The van der Waals surface area contributed by atoms with Crippen molar-refractivity contribution in [3.63, 3.8) is 0 Å². The quantitative estimate of drug-likeness (QED) is 0.744. The maximum Gasteiger partial charge on any atom is 0.410 e. The van der Waals surface area contributed by atoms with E-state index in [1.54, 1.807) is 9.21 Å². The van der Waals surface area contributed by atoms with E-state index in [9.17, 15) is 13.2 Å². The minimum absolute atomic E-state index is 0.238. The predicted octanol–water partition coefficient (Wildman–Crippen LogP) is 0.963. The van der Waals surface area contributed by atoms with E-state index in [-0.39, 0.29) is 6.09 Å². The molecule has 1 amide bonds. The van der Waals surface area contributed by atoms with Crippen molar-refractivity contribution in [1.29, 1.82) is 0 Å². The lowest BCUT2D eigenvalue weighted by Gasteiger charge is -2.42. The van der Waals surface area contributed by atoms with Gasteiger partial charge in [-0.05, 0) is 33.6 Å². The van der Waals surface area contributed by atoms with Gasteiger partial charge in [0, 0.05) is 45.3 Å². The minimum Gasteiger partial charge on any atom is -0.444 e. The summed E-state index contributed by atoms with van der Waals surface area (Å²) in [5.74, 6) is 0. The van der Waals surface area contributed by atoms with Crippen molar-refractivity contribution in [3.8, 4) is 0 Å². The molecule has 23 heavy (non-hydrogen) atoms. The number of piperazine rings is 1. The summed E-state index contributed by atoms with van der Waals surface area (Å²) < 4.78 is 30.1. The zero-order valence-electron chi connectivity index (χ0n) is 14.6. The summed E-state index contributed by atoms with van der Waals surface area (Å²) in [7, 11) is -3.08. The number of carbonyl (C=O) groups is 1. The highest BCUT2D eigenvalue weighted by molar-refractivity contribution is 7.88. The number of carbonyl (C=O) groups excluding carboxylic acids is 1. The van der Waals surface area contributed by atoms with Crippen LogP contribution in [0.4, 0.5) is 4.79 Å². The first-order valence-corrected chi connectivity index (χ1v) is 10.1. The van der Waals surface area contributed by atoms with Gasteiger partial charge >= 0.3 is 6.09 Å². The van der Waals surface area contributed by atoms with Crippen molar-refractivity contribution >= 4 is 16.1 Å². The molecular weight excluding hydrogens is 318 g/mol. The Morgan fingerprint density at radius 3 is 1.96 bits per heavy atom. The highest BCUT2D eigenvalue weighted by Crippen LogP contribution is 2.20. The minimum atomic E-state index is -3.08. The van der Waals surface area contributed by atoms with Gasteiger partial charge in [0.25, 0.3) is 0 Å². The van der Waals surface area contributed by atoms with Crippen LogP contribution in [0.5, 0.6) is 0 Å². The maximum absolute atomic E-state index is 12.1. The second-order valence-corrected chi connectivity index (χ2v) is 9.38. The molecule has 2 fully saturated rings. The Labute approximate surface area is 139 Å². The van der Waals surface area contributed by atoms with Gasteiger partial charge in [0.15, 0.2) is 0 Å². The van der Waals surface area contributed by atoms with Crippen LogP contribution in [0.25, 0.3) is 0 Å². The standard InChI is InChI=1S/C15H29N3O4S/c1-15(2,3)22-14(19)17-7-5-13(6-8-17)16-9-11-18(12-10-16)23(4,20)21/h13H,5-12H2,1-4H3. The SMILES string of the molecule is CC(C)(C)OC(=O)N1CCC(N2CCN(S(C)(=O)=O)CC2)CC1. The number of ether oxygens (including phenoxy) is 1. The molecule has 0 bridgehead atoms. The van der Waals surface area contributed by atoms with E-state index in [2.05, 4.69) is 4.90 Å². The van der Waals surface area contributed by atoms with Gasteiger partial charge < -0.3 is 9.64 Å². The monoisotopic (exact) mass is 347 g/mol. The second kappa shape index (κ2) is 6.94. The lowest BCUT2D eigenvalue weighted by Crippen LogP contribution is -2.54. The van der Waals surface area contributed by atoms with Crippen molar-refractivity contribution in [2.75, 3.05) is 45.5 Å². The molecule has 134 valence electrons. The van der Waals surface area contributed by atoms with Crippen LogP contribution in [0.15, 0.2) is 0 Å². The van der Waals surface area contributed by atoms with Crippen LogP contribution in [-0.2, 0) is 14.8 Å². The third kappa shape index (κ3) is 5.32. The zero-order chi connectivity index (χ0) is 17.3. The Morgan fingerprint density at radius 2 is 1.52 bits per heavy atom. The van der Waals surface area contributed by atoms with Crippen LogP contribution in [0.2, 0.25) is 0 Å². The van der Waals surface area contributed by atoms with Gasteiger partial charge in [0.05, 0.1) is 6.26 Å². The van der Waals surface area contributed by atoms with E-state index in [0.717, 1.165) is 25.9 Å². The molecular formula is C15H29N3O4S. The third-order valence-corrected chi connectivity index (χ3v) is 5.68. The van der Waals surface area contributed by atoms with E-state index in [1.165, 1.54) is 6.26 Å². The van der Waals surface area contributed by atoms with Gasteiger partial charge in [-0.1, -0.05) is 0 Å². The fraction of sp³-hybridized carbons (Fsp3) is 0.933. The van der Waals surface area contributed by atoms with E-state index >= 15 is 0 Å². The lowest BCUT2D eigenvalue weighted by atomic mass is 10.0. The van der Waals surface area contributed by atoms with Crippen molar-refractivity contribution in [2.24, 2.45) is 0 Å². The van der Waals surface area contributed by atoms with Crippen molar-refractivity contribution in [2.45, 2.75) is 45.3 Å². The maximum atomic E-state index is 12.1. The number of likely N-dealkylation sites (tertiary alicyclic amines) is 1. The first kappa shape index (κ1) is 18.5. The number of piperidine rings is 1. The number of hydrogen-bond acceptors (Lipinski definition) is 5. The van der Waals surface area contributed by atoms with Crippen molar-refractivity contribution in [1.82, 2.24) is 14.1 Å². The highest BCUT2D eigenvalue weighted by Gasteiger charge is 2.32. The van der Waals surface area contributed by atoms with Gasteiger partial charge in [0.1, 0.15) is 5.60 Å². The molecule has 0 aromatic rings. The van der Waals surface area contributed by atoms with Crippen LogP contribution < -0.4 is 0 Å². The molecule has 0 radical (unpaired) electrons. The number of amides is 1. The van der Waals surface area contributed by atoms with Crippen LogP contribution in [0.1, 0.15) is 33.6 Å². The van der Waals surface area contributed by atoms with Crippen molar-refractivity contribution < 1.29 is 17.9 Å². The summed E-state index contributed by atoms with van der Waals surface area (Å²) in [6, 6.07) is 0.426. The molecule has 2 heterocycles. The Balaban J connectivity index is 1.78. The molecule has 2 aliphatic heterocycles. The van der Waals surface area contributed by atoms with Crippen LogP contribution in [-0.4, -0.2) is 85.8 Å². The molecule has 0 N–H and O–H groups in total. The molecule has 0 atom stereocenters. The Hall–Kier alpha value is -0.860. The van der Waals surface area contributed by atoms with Crippen LogP contribution in [0.3, 0.4) is 0 Å². The normalized spacial score (nSPS) is 23.0. The number of hydrogen-bond donors (Lipinski definition) is 0. The number of rotatable bonds is 2. The first-order chi connectivity index (χ1) is 10.6. The summed E-state index contributed by atoms with van der Waals surface area (Å²) in [6.07, 6.45) is 2.86. The van der Waals surface area contributed by atoms with Gasteiger partial charge in [-0.2, -0.15) is 4.31 Å². The summed E-state index contributed by atoms with van der Waals surface area (Å²) in [4.78, 5) is 16.2. The smallest absolute Gasteiger partial charge is 0.410 e.